The van der Waals surface area contributed by atoms with E-state index in [9.17, 15) is 9.59 Å². The zero-order valence-corrected chi connectivity index (χ0v) is 6.02. The minimum atomic E-state index is -0.0440. The zero-order valence-electron chi connectivity index (χ0n) is 6.02. The van der Waals surface area contributed by atoms with Crippen molar-refractivity contribution < 1.29 is 9.59 Å². The maximum atomic E-state index is 10.9. The molecule has 10 heavy (non-hydrogen) atoms. The lowest BCUT2D eigenvalue weighted by Gasteiger charge is -2.03. The molecular formula is C7H11NO2. The predicted octanol–water partition coefficient (Wildman–Crippen LogP) is 0.102. The highest BCUT2D eigenvalue weighted by Crippen LogP contribution is 2.21. The van der Waals surface area contributed by atoms with Gasteiger partial charge in [-0.1, -0.05) is 0 Å². The molecule has 1 N–H and O–H groups in total. The molecule has 0 heterocycles. The van der Waals surface area contributed by atoms with Crippen molar-refractivity contribution in [2.24, 2.45) is 5.92 Å². The molecule has 1 aliphatic carbocycles. The van der Waals surface area contributed by atoms with Crippen LogP contribution in [0.2, 0.25) is 0 Å². The SMILES string of the molecule is CNC(=O)C1CCC(=O)C1. The minimum absolute atomic E-state index is 0.00542. The molecule has 1 aliphatic rings. The summed E-state index contributed by atoms with van der Waals surface area (Å²) in [4.78, 5) is 21.6. The topological polar surface area (TPSA) is 46.2 Å². The Kier molecular flexibility index (Phi) is 2.04. The molecule has 1 fully saturated rings. The van der Waals surface area contributed by atoms with E-state index in [0.29, 0.717) is 12.8 Å². The Morgan fingerprint density at radius 3 is 2.80 bits per heavy atom. The number of amides is 1. The summed E-state index contributed by atoms with van der Waals surface area (Å²) >= 11 is 0. The smallest absolute Gasteiger partial charge is 0.223 e. The predicted molar refractivity (Wildman–Crippen MR) is 36.4 cm³/mol. The number of carbonyl (C=O) groups is 2. The van der Waals surface area contributed by atoms with Crippen LogP contribution in [0, 0.1) is 5.92 Å². The third-order valence-corrected chi connectivity index (χ3v) is 1.86. The first-order chi connectivity index (χ1) is 4.74. The summed E-state index contributed by atoms with van der Waals surface area (Å²) < 4.78 is 0. The molecule has 0 aromatic rings. The fourth-order valence-electron chi connectivity index (χ4n) is 1.24. The molecular weight excluding hydrogens is 130 g/mol. The van der Waals surface area contributed by atoms with E-state index >= 15 is 0 Å². The van der Waals surface area contributed by atoms with Crippen molar-refractivity contribution in [1.29, 1.82) is 0 Å². The summed E-state index contributed by atoms with van der Waals surface area (Å²) in [5, 5.41) is 2.54. The van der Waals surface area contributed by atoms with E-state index in [-0.39, 0.29) is 17.6 Å². The van der Waals surface area contributed by atoms with Gasteiger partial charge in [0.25, 0.3) is 0 Å². The van der Waals surface area contributed by atoms with Gasteiger partial charge in [-0.2, -0.15) is 0 Å². The average Bonchev–Trinajstić information content (AvgIpc) is 2.34. The lowest BCUT2D eigenvalue weighted by molar-refractivity contribution is -0.126. The summed E-state index contributed by atoms with van der Waals surface area (Å²) in [6.07, 6.45) is 1.76. The summed E-state index contributed by atoms with van der Waals surface area (Å²) in [6, 6.07) is 0. The molecule has 1 atom stereocenters. The van der Waals surface area contributed by atoms with Crippen LogP contribution in [-0.4, -0.2) is 18.7 Å². The van der Waals surface area contributed by atoms with E-state index in [1.165, 1.54) is 0 Å². The Morgan fingerprint density at radius 2 is 2.40 bits per heavy atom. The number of rotatable bonds is 1. The van der Waals surface area contributed by atoms with Crippen LogP contribution < -0.4 is 5.32 Å². The van der Waals surface area contributed by atoms with Gasteiger partial charge in [-0.05, 0) is 6.42 Å². The first-order valence-electron chi connectivity index (χ1n) is 3.47. The van der Waals surface area contributed by atoms with Gasteiger partial charge in [-0.15, -0.1) is 0 Å². The normalized spacial score (nSPS) is 24.9. The van der Waals surface area contributed by atoms with Crippen molar-refractivity contribution in [2.75, 3.05) is 7.05 Å². The highest BCUT2D eigenvalue weighted by Gasteiger charge is 2.26. The second kappa shape index (κ2) is 2.82. The van der Waals surface area contributed by atoms with Crippen LogP contribution >= 0.6 is 0 Å². The van der Waals surface area contributed by atoms with Gasteiger partial charge >= 0.3 is 0 Å². The molecule has 0 aromatic carbocycles. The lowest BCUT2D eigenvalue weighted by Crippen LogP contribution is -2.25. The molecule has 1 unspecified atom stereocenters. The van der Waals surface area contributed by atoms with Gasteiger partial charge < -0.3 is 5.32 Å². The number of hydrogen-bond acceptors (Lipinski definition) is 2. The second-order valence-electron chi connectivity index (χ2n) is 2.59. The molecule has 3 heteroatoms. The van der Waals surface area contributed by atoms with E-state index in [1.807, 2.05) is 0 Å². The van der Waals surface area contributed by atoms with Gasteiger partial charge in [0, 0.05) is 25.8 Å². The van der Waals surface area contributed by atoms with Gasteiger partial charge in [-0.3, -0.25) is 9.59 Å². The zero-order chi connectivity index (χ0) is 7.56. The van der Waals surface area contributed by atoms with Crippen molar-refractivity contribution in [3.63, 3.8) is 0 Å². The molecule has 1 rings (SSSR count). The standard InChI is InChI=1S/C7H11NO2/c1-8-7(10)5-2-3-6(9)4-5/h5H,2-4H2,1H3,(H,8,10). The van der Waals surface area contributed by atoms with Gasteiger partial charge in [0.05, 0.1) is 0 Å². The fraction of sp³-hybridized carbons (Fsp3) is 0.714. The molecule has 0 aromatic heterocycles. The number of carbonyl (C=O) groups excluding carboxylic acids is 2. The molecule has 56 valence electrons. The summed E-state index contributed by atoms with van der Waals surface area (Å²) in [5.41, 5.74) is 0. The number of hydrogen-bond donors (Lipinski definition) is 1. The third-order valence-electron chi connectivity index (χ3n) is 1.86. The molecule has 0 spiro atoms. The Balaban J connectivity index is 2.44. The second-order valence-corrected chi connectivity index (χ2v) is 2.59. The van der Waals surface area contributed by atoms with E-state index in [2.05, 4.69) is 5.32 Å². The van der Waals surface area contributed by atoms with E-state index in [1.54, 1.807) is 7.05 Å². The van der Waals surface area contributed by atoms with Crippen LogP contribution in [0.3, 0.4) is 0 Å². The molecule has 3 nitrogen and oxygen atoms in total. The highest BCUT2D eigenvalue weighted by molar-refractivity contribution is 5.89. The Hall–Kier alpha value is -0.860. The van der Waals surface area contributed by atoms with Crippen molar-refractivity contribution >= 4 is 11.7 Å². The van der Waals surface area contributed by atoms with Crippen LogP contribution in [0.5, 0.6) is 0 Å². The molecule has 0 bridgehead atoms. The third kappa shape index (κ3) is 1.35. The van der Waals surface area contributed by atoms with Crippen molar-refractivity contribution in [2.45, 2.75) is 19.3 Å². The molecule has 0 saturated heterocycles. The first kappa shape index (κ1) is 7.25. The summed E-state index contributed by atoms with van der Waals surface area (Å²) in [7, 11) is 1.60. The van der Waals surface area contributed by atoms with E-state index in [0.717, 1.165) is 6.42 Å². The van der Waals surface area contributed by atoms with Gasteiger partial charge in [0.1, 0.15) is 5.78 Å². The van der Waals surface area contributed by atoms with Crippen molar-refractivity contribution in [1.82, 2.24) is 5.32 Å². The molecule has 0 radical (unpaired) electrons. The molecule has 1 saturated carbocycles. The maximum absolute atomic E-state index is 10.9. The van der Waals surface area contributed by atoms with Gasteiger partial charge in [0.2, 0.25) is 5.91 Å². The largest absolute Gasteiger partial charge is 0.359 e. The van der Waals surface area contributed by atoms with E-state index < -0.39 is 0 Å². The van der Waals surface area contributed by atoms with Crippen LogP contribution in [0.4, 0.5) is 0 Å². The van der Waals surface area contributed by atoms with Gasteiger partial charge in [0.15, 0.2) is 0 Å². The Bertz CT molecular complexity index is 165. The van der Waals surface area contributed by atoms with Gasteiger partial charge in [-0.25, -0.2) is 0 Å². The Labute approximate surface area is 59.8 Å². The lowest BCUT2D eigenvalue weighted by atomic mass is 10.1. The van der Waals surface area contributed by atoms with Crippen molar-refractivity contribution in [3.8, 4) is 0 Å². The van der Waals surface area contributed by atoms with Crippen LogP contribution in [0.15, 0.2) is 0 Å². The minimum Gasteiger partial charge on any atom is -0.359 e. The number of Topliss-reactive ketones (excluding diaryl/α,β-unsaturated/α-hetero) is 1. The fourth-order valence-corrected chi connectivity index (χ4v) is 1.24. The average molecular weight is 141 g/mol. The summed E-state index contributed by atoms with van der Waals surface area (Å²) in [5.74, 6) is 0.178. The first-order valence-corrected chi connectivity index (χ1v) is 3.47. The highest BCUT2D eigenvalue weighted by atomic mass is 16.2. The quantitative estimate of drug-likeness (QED) is 0.563. The van der Waals surface area contributed by atoms with Crippen LogP contribution in [-0.2, 0) is 9.59 Å². The summed E-state index contributed by atoms with van der Waals surface area (Å²) in [6.45, 7) is 0. The Morgan fingerprint density at radius 1 is 1.70 bits per heavy atom. The number of nitrogens with one attached hydrogen (secondary N) is 1. The van der Waals surface area contributed by atoms with E-state index in [4.69, 9.17) is 0 Å². The van der Waals surface area contributed by atoms with Crippen LogP contribution in [0.25, 0.3) is 0 Å². The maximum Gasteiger partial charge on any atom is 0.223 e. The van der Waals surface area contributed by atoms with Crippen LogP contribution in [0.1, 0.15) is 19.3 Å². The monoisotopic (exact) mass is 141 g/mol. The van der Waals surface area contributed by atoms with Crippen molar-refractivity contribution in [3.05, 3.63) is 0 Å². The number of ketones is 1. The molecule has 1 amide bonds. The molecule has 0 aliphatic heterocycles.